The minimum atomic E-state index is -1.15. The van der Waals surface area contributed by atoms with Crippen molar-refractivity contribution >= 4 is 29.3 Å². The SMILES string of the molecule is CC(=O)NC[C@H]1CN(c2cc(F)c(N3CCn4c(=O)n(-c5ccc(C(=O)O)cc5)c(=O)n4CC3)c(F)c2)C(=O)O1. The first-order valence-electron chi connectivity index (χ1n) is 12.3. The normalized spacial score (nSPS) is 16.9. The van der Waals surface area contributed by atoms with E-state index in [2.05, 4.69) is 5.32 Å². The van der Waals surface area contributed by atoms with Crippen LogP contribution in [0.2, 0.25) is 0 Å². The molecule has 1 saturated heterocycles. The number of benzene rings is 2. The van der Waals surface area contributed by atoms with Crippen molar-refractivity contribution in [2.24, 2.45) is 0 Å². The maximum Gasteiger partial charge on any atom is 0.414 e. The number of hydrogen-bond acceptors (Lipinski definition) is 7. The molecule has 210 valence electrons. The van der Waals surface area contributed by atoms with Crippen molar-refractivity contribution in [2.45, 2.75) is 26.1 Å². The van der Waals surface area contributed by atoms with E-state index in [-0.39, 0.29) is 67.8 Å². The van der Waals surface area contributed by atoms with E-state index in [0.29, 0.717) is 0 Å². The van der Waals surface area contributed by atoms with Crippen molar-refractivity contribution in [1.82, 2.24) is 19.2 Å². The third-order valence-electron chi connectivity index (χ3n) is 6.73. The van der Waals surface area contributed by atoms with Gasteiger partial charge in [-0.2, -0.15) is 0 Å². The number of nitrogens with zero attached hydrogens (tertiary/aromatic N) is 5. The Morgan fingerprint density at radius 3 is 2.05 bits per heavy atom. The number of hydrogen-bond donors (Lipinski definition) is 2. The summed E-state index contributed by atoms with van der Waals surface area (Å²) in [5, 5.41) is 11.6. The van der Waals surface area contributed by atoms with Crippen LogP contribution in [-0.2, 0) is 22.6 Å². The highest BCUT2D eigenvalue weighted by Crippen LogP contribution is 2.31. The van der Waals surface area contributed by atoms with Crippen molar-refractivity contribution in [3.8, 4) is 5.69 Å². The standard InChI is InChI=1S/C25H24F2N6O7/c1-14(34)28-12-18-13-30(25(39)40-18)17-10-19(26)21(20(27)11-17)29-6-8-31-23(37)33(24(38)32(31)9-7-29)16-4-2-15(3-5-16)22(35)36/h2-5,10-11,18H,6-9,12-13H2,1H3,(H,28,34)(H,35,36)/t18-/m0/s1. The van der Waals surface area contributed by atoms with Gasteiger partial charge < -0.3 is 20.1 Å². The quantitative estimate of drug-likeness (QED) is 0.451. The number of carboxylic acid groups (broad SMARTS) is 1. The molecular weight excluding hydrogens is 534 g/mol. The zero-order chi connectivity index (χ0) is 28.7. The summed E-state index contributed by atoms with van der Waals surface area (Å²) in [4.78, 5) is 63.1. The fraction of sp³-hybridized carbons (Fsp3) is 0.320. The van der Waals surface area contributed by atoms with Gasteiger partial charge in [-0.15, -0.1) is 0 Å². The van der Waals surface area contributed by atoms with Crippen LogP contribution < -0.4 is 26.5 Å². The van der Waals surface area contributed by atoms with E-state index in [1.165, 1.54) is 45.5 Å². The van der Waals surface area contributed by atoms with Gasteiger partial charge in [0.1, 0.15) is 11.8 Å². The van der Waals surface area contributed by atoms with Gasteiger partial charge in [-0.05, 0) is 24.3 Å². The number of rotatable bonds is 6. The molecule has 3 heterocycles. The van der Waals surface area contributed by atoms with Crippen LogP contribution in [0.3, 0.4) is 0 Å². The fourth-order valence-electron chi connectivity index (χ4n) is 4.80. The van der Waals surface area contributed by atoms with Crippen LogP contribution in [0.4, 0.5) is 25.0 Å². The summed E-state index contributed by atoms with van der Waals surface area (Å²) in [6.45, 7) is 1.24. The molecule has 2 aliphatic rings. The Kier molecular flexibility index (Phi) is 6.87. The summed E-state index contributed by atoms with van der Waals surface area (Å²) in [5.74, 6) is -3.34. The number of amides is 2. The number of ether oxygens (including phenoxy) is 1. The Labute approximate surface area is 224 Å². The average Bonchev–Trinajstić information content (AvgIpc) is 3.28. The summed E-state index contributed by atoms with van der Waals surface area (Å²) in [5.41, 5.74) is -1.58. The number of carbonyl (C=O) groups is 3. The molecule has 2 amide bonds. The monoisotopic (exact) mass is 558 g/mol. The fourth-order valence-corrected chi connectivity index (χ4v) is 4.80. The van der Waals surface area contributed by atoms with Gasteiger partial charge in [-0.3, -0.25) is 9.69 Å². The maximum atomic E-state index is 15.2. The number of aromatic carboxylic acids is 1. The molecule has 2 N–H and O–H groups in total. The number of anilines is 2. The number of carbonyl (C=O) groups excluding carboxylic acids is 2. The van der Waals surface area contributed by atoms with Gasteiger partial charge in [0.15, 0.2) is 11.6 Å². The Bertz CT molecular complexity index is 1570. The van der Waals surface area contributed by atoms with E-state index in [4.69, 9.17) is 9.84 Å². The molecule has 15 heteroatoms. The van der Waals surface area contributed by atoms with Gasteiger partial charge in [0, 0.05) is 32.1 Å². The highest BCUT2D eigenvalue weighted by molar-refractivity contribution is 5.90. The number of cyclic esters (lactones) is 1. The summed E-state index contributed by atoms with van der Waals surface area (Å²) in [7, 11) is 0. The number of nitrogens with one attached hydrogen (secondary N) is 1. The average molecular weight is 558 g/mol. The largest absolute Gasteiger partial charge is 0.478 e. The van der Waals surface area contributed by atoms with E-state index in [1.807, 2.05) is 0 Å². The highest BCUT2D eigenvalue weighted by Gasteiger charge is 2.34. The minimum Gasteiger partial charge on any atom is -0.478 e. The van der Waals surface area contributed by atoms with Gasteiger partial charge in [0.25, 0.3) is 0 Å². The Balaban J connectivity index is 1.35. The number of fused-ring (bicyclic) bond motifs is 1. The number of aromatic nitrogens is 3. The lowest BCUT2D eigenvalue weighted by atomic mass is 10.2. The molecule has 1 fully saturated rings. The van der Waals surface area contributed by atoms with E-state index in [9.17, 15) is 24.0 Å². The molecule has 1 aromatic heterocycles. The van der Waals surface area contributed by atoms with Gasteiger partial charge in [0.2, 0.25) is 5.91 Å². The van der Waals surface area contributed by atoms with Crippen molar-refractivity contribution in [2.75, 3.05) is 36.0 Å². The number of halogens is 2. The smallest absolute Gasteiger partial charge is 0.414 e. The van der Waals surface area contributed by atoms with Crippen LogP contribution in [0, 0.1) is 11.6 Å². The lowest BCUT2D eigenvalue weighted by Gasteiger charge is -2.24. The first-order valence-corrected chi connectivity index (χ1v) is 12.3. The van der Waals surface area contributed by atoms with Crippen molar-refractivity contribution in [3.63, 3.8) is 0 Å². The Hall–Kier alpha value is -4.95. The van der Waals surface area contributed by atoms with Crippen LogP contribution in [0.5, 0.6) is 0 Å². The second-order valence-corrected chi connectivity index (χ2v) is 9.30. The molecule has 1 atom stereocenters. The second-order valence-electron chi connectivity index (χ2n) is 9.30. The van der Waals surface area contributed by atoms with Crippen LogP contribution in [0.25, 0.3) is 5.69 Å². The zero-order valence-electron chi connectivity index (χ0n) is 21.2. The molecule has 5 rings (SSSR count). The van der Waals surface area contributed by atoms with Crippen LogP contribution in [0.15, 0.2) is 46.0 Å². The lowest BCUT2D eigenvalue weighted by Crippen LogP contribution is -2.34. The third-order valence-corrected chi connectivity index (χ3v) is 6.73. The van der Waals surface area contributed by atoms with Crippen LogP contribution >= 0.6 is 0 Å². The molecule has 40 heavy (non-hydrogen) atoms. The zero-order valence-corrected chi connectivity index (χ0v) is 21.2. The molecule has 2 aliphatic heterocycles. The van der Waals surface area contributed by atoms with Gasteiger partial charge in [-0.1, -0.05) is 0 Å². The van der Waals surface area contributed by atoms with Gasteiger partial charge in [0.05, 0.1) is 43.1 Å². The van der Waals surface area contributed by atoms with Crippen molar-refractivity contribution in [1.29, 1.82) is 0 Å². The Morgan fingerprint density at radius 1 is 0.950 bits per heavy atom. The van der Waals surface area contributed by atoms with E-state index < -0.39 is 41.2 Å². The summed E-state index contributed by atoms with van der Waals surface area (Å²) in [6.07, 6.45) is -1.48. The second kappa shape index (κ2) is 10.3. The molecule has 0 radical (unpaired) electrons. The number of carboxylic acids is 1. The van der Waals surface area contributed by atoms with Crippen LogP contribution in [0.1, 0.15) is 17.3 Å². The highest BCUT2D eigenvalue weighted by atomic mass is 19.1. The molecule has 0 aliphatic carbocycles. The molecule has 0 bridgehead atoms. The molecule has 0 saturated carbocycles. The minimum absolute atomic E-state index is 0.000948. The molecule has 0 unspecified atom stereocenters. The molecule has 2 aromatic carbocycles. The predicted octanol–water partition coefficient (Wildman–Crippen LogP) is 0.759. The van der Waals surface area contributed by atoms with Gasteiger partial charge >= 0.3 is 23.4 Å². The van der Waals surface area contributed by atoms with Crippen molar-refractivity contribution < 1.29 is 33.0 Å². The van der Waals surface area contributed by atoms with E-state index >= 15 is 8.78 Å². The summed E-state index contributed by atoms with van der Waals surface area (Å²) >= 11 is 0. The van der Waals surface area contributed by atoms with Gasteiger partial charge in [-0.25, -0.2) is 41.9 Å². The predicted molar refractivity (Wildman–Crippen MR) is 136 cm³/mol. The summed E-state index contributed by atoms with van der Waals surface area (Å²) < 4.78 is 38.9. The lowest BCUT2D eigenvalue weighted by molar-refractivity contribution is -0.119. The summed E-state index contributed by atoms with van der Waals surface area (Å²) in [6, 6.07) is 7.27. The molecular formula is C25H24F2N6O7. The maximum absolute atomic E-state index is 15.2. The first kappa shape index (κ1) is 26.6. The topological polar surface area (TPSA) is 148 Å². The van der Waals surface area contributed by atoms with Crippen LogP contribution in [-0.4, -0.2) is 69.3 Å². The van der Waals surface area contributed by atoms with Crippen molar-refractivity contribution in [3.05, 3.63) is 74.6 Å². The molecule has 3 aromatic rings. The molecule has 13 nitrogen and oxygen atoms in total. The Morgan fingerprint density at radius 2 is 1.52 bits per heavy atom. The first-order chi connectivity index (χ1) is 19.0. The third kappa shape index (κ3) is 4.81. The van der Waals surface area contributed by atoms with E-state index in [1.54, 1.807) is 0 Å². The molecule has 0 spiro atoms. The van der Waals surface area contributed by atoms with E-state index in [0.717, 1.165) is 21.6 Å².